The summed E-state index contributed by atoms with van der Waals surface area (Å²) in [7, 11) is 3.43. The first-order chi connectivity index (χ1) is 18.5. The molecule has 0 spiro atoms. The van der Waals surface area contributed by atoms with E-state index >= 15 is 0 Å². The highest BCUT2D eigenvalue weighted by Gasteiger charge is 2.47. The summed E-state index contributed by atoms with van der Waals surface area (Å²) >= 11 is 0. The van der Waals surface area contributed by atoms with Gasteiger partial charge in [-0.25, -0.2) is 9.97 Å². The van der Waals surface area contributed by atoms with Gasteiger partial charge < -0.3 is 29.2 Å². The van der Waals surface area contributed by atoms with Gasteiger partial charge in [0.25, 0.3) is 5.91 Å². The third-order valence-corrected chi connectivity index (χ3v) is 9.10. The first-order valence-corrected chi connectivity index (χ1v) is 13.7. The molecule has 3 aromatic heterocycles. The second kappa shape index (κ2) is 8.81. The van der Waals surface area contributed by atoms with Gasteiger partial charge in [-0.3, -0.25) is 4.79 Å². The van der Waals surface area contributed by atoms with Crippen LogP contribution in [0.2, 0.25) is 0 Å². The van der Waals surface area contributed by atoms with E-state index in [2.05, 4.69) is 33.2 Å². The topological polar surface area (TPSA) is 100 Å². The molecule has 4 aromatic rings. The third-order valence-electron chi connectivity index (χ3n) is 9.10. The van der Waals surface area contributed by atoms with E-state index < -0.39 is 0 Å². The molecule has 7 rings (SSSR count). The predicted molar refractivity (Wildman–Crippen MR) is 145 cm³/mol. The van der Waals surface area contributed by atoms with Gasteiger partial charge in [0.15, 0.2) is 5.82 Å². The van der Waals surface area contributed by atoms with Gasteiger partial charge in [0.2, 0.25) is 0 Å². The molecule has 3 aliphatic rings. The Balaban J connectivity index is 1.40. The number of hydrogen-bond donors (Lipinski definition) is 1. The lowest BCUT2D eigenvalue weighted by molar-refractivity contribution is 0.00771. The molecule has 198 valence electrons. The van der Waals surface area contributed by atoms with Crippen LogP contribution in [0.4, 0.5) is 0 Å². The first-order valence-electron chi connectivity index (χ1n) is 13.7. The van der Waals surface area contributed by atoms with Crippen molar-refractivity contribution in [1.29, 1.82) is 0 Å². The van der Waals surface area contributed by atoms with Crippen LogP contribution in [0.25, 0.3) is 33.6 Å². The average molecular weight is 515 g/mol. The Morgan fingerprint density at radius 2 is 2.03 bits per heavy atom. The lowest BCUT2D eigenvalue weighted by atomic mass is 9.88. The number of amides is 1. The number of aryl methyl sites for hydroxylation is 1. The maximum atomic E-state index is 13.7. The molecule has 4 heterocycles. The average Bonchev–Trinajstić information content (AvgIpc) is 3.66. The van der Waals surface area contributed by atoms with Crippen molar-refractivity contribution in [2.75, 3.05) is 20.8 Å². The minimum Gasteiger partial charge on any atom is -0.494 e. The summed E-state index contributed by atoms with van der Waals surface area (Å²) in [5.41, 5.74) is 10.6. The summed E-state index contributed by atoms with van der Waals surface area (Å²) in [5.74, 6) is 1.94. The molecule has 1 amide bonds. The van der Waals surface area contributed by atoms with Crippen molar-refractivity contribution in [3.63, 3.8) is 0 Å². The summed E-state index contributed by atoms with van der Waals surface area (Å²) in [4.78, 5) is 25.5. The normalized spacial score (nSPS) is 26.4. The number of fused-ring (bicyclic) bond motifs is 4. The van der Waals surface area contributed by atoms with Crippen LogP contribution in [-0.4, -0.2) is 68.9 Å². The number of methoxy groups -OCH3 is 2. The molecule has 3 atom stereocenters. The summed E-state index contributed by atoms with van der Waals surface area (Å²) in [5, 5.41) is 1.08. The molecule has 9 heteroatoms. The van der Waals surface area contributed by atoms with E-state index in [-0.39, 0.29) is 30.1 Å². The van der Waals surface area contributed by atoms with E-state index in [9.17, 15) is 4.79 Å². The molecule has 1 aromatic carbocycles. The van der Waals surface area contributed by atoms with E-state index in [0.717, 1.165) is 72.4 Å². The fourth-order valence-corrected chi connectivity index (χ4v) is 6.99. The lowest BCUT2D eigenvalue weighted by Crippen LogP contribution is -2.41. The number of aromatic nitrogens is 4. The van der Waals surface area contributed by atoms with Crippen LogP contribution in [-0.2, 0) is 11.3 Å². The Labute approximate surface area is 221 Å². The van der Waals surface area contributed by atoms with Gasteiger partial charge in [-0.05, 0) is 68.9 Å². The lowest BCUT2D eigenvalue weighted by Gasteiger charge is -2.36. The van der Waals surface area contributed by atoms with Crippen molar-refractivity contribution >= 4 is 28.0 Å². The number of rotatable bonds is 6. The van der Waals surface area contributed by atoms with Crippen LogP contribution >= 0.6 is 0 Å². The number of pyridine rings is 1. The van der Waals surface area contributed by atoms with Gasteiger partial charge in [0.05, 0.1) is 24.4 Å². The van der Waals surface area contributed by atoms with Gasteiger partial charge in [0.1, 0.15) is 16.9 Å². The van der Waals surface area contributed by atoms with Crippen molar-refractivity contribution in [3.05, 3.63) is 42.1 Å². The maximum absolute atomic E-state index is 13.7. The van der Waals surface area contributed by atoms with Crippen molar-refractivity contribution < 1.29 is 14.3 Å². The molecule has 38 heavy (non-hydrogen) atoms. The third kappa shape index (κ3) is 3.34. The molecule has 3 fully saturated rings. The quantitative estimate of drug-likeness (QED) is 0.418. The van der Waals surface area contributed by atoms with Gasteiger partial charge in [-0.1, -0.05) is 0 Å². The Hall–Kier alpha value is -3.43. The van der Waals surface area contributed by atoms with Gasteiger partial charge in [0, 0.05) is 55.5 Å². The van der Waals surface area contributed by atoms with Crippen molar-refractivity contribution in [2.24, 2.45) is 11.7 Å². The zero-order chi connectivity index (χ0) is 26.1. The number of ether oxygens (including phenoxy) is 2. The maximum Gasteiger partial charge on any atom is 0.254 e. The molecule has 2 bridgehead atoms. The first kappa shape index (κ1) is 23.7. The van der Waals surface area contributed by atoms with Crippen LogP contribution < -0.4 is 10.5 Å². The Morgan fingerprint density at radius 3 is 2.71 bits per heavy atom. The minimum absolute atomic E-state index is 0.0129. The number of piperidine rings is 1. The van der Waals surface area contributed by atoms with Crippen LogP contribution in [0.3, 0.4) is 0 Å². The highest BCUT2D eigenvalue weighted by Crippen LogP contribution is 2.44. The van der Waals surface area contributed by atoms with E-state index in [1.807, 2.05) is 29.3 Å². The number of carbonyl (C=O) groups excluding carboxylic acids is 1. The molecule has 0 radical (unpaired) electrons. The standard InChI is InChI=1S/C29H34N6O3/c1-4-33-23(11-16-6-5-9-31-27(16)33)28-32-21-10-18(29(36)34-15-17-7-8-22(34)25(17)30)12-24(38-3)26(21)35(28)19-13-20(14-19)37-2/h5-6,9-12,17,19-20,22,25H,4,7-8,13-15,30H2,1-3H3/t17-,19-,20+,22-,25-/m1/s1. The second-order valence-corrected chi connectivity index (χ2v) is 11.0. The number of imidazole rings is 1. The van der Waals surface area contributed by atoms with Crippen molar-refractivity contribution in [3.8, 4) is 17.3 Å². The Morgan fingerprint density at radius 1 is 1.18 bits per heavy atom. The summed E-state index contributed by atoms with van der Waals surface area (Å²) in [6.07, 6.45) is 5.94. The highest BCUT2D eigenvalue weighted by atomic mass is 16.5. The molecular formula is C29H34N6O3. The zero-order valence-corrected chi connectivity index (χ0v) is 22.1. The smallest absolute Gasteiger partial charge is 0.254 e. The predicted octanol–water partition coefficient (Wildman–Crippen LogP) is 3.99. The van der Waals surface area contributed by atoms with E-state index in [0.29, 0.717) is 17.2 Å². The summed E-state index contributed by atoms with van der Waals surface area (Å²) in [6.45, 7) is 3.62. The van der Waals surface area contributed by atoms with Crippen LogP contribution in [0.5, 0.6) is 5.75 Å². The van der Waals surface area contributed by atoms with E-state index in [4.69, 9.17) is 20.2 Å². The van der Waals surface area contributed by atoms with Crippen molar-refractivity contribution in [1.82, 2.24) is 24.0 Å². The monoisotopic (exact) mass is 514 g/mol. The second-order valence-electron chi connectivity index (χ2n) is 11.0. The Bertz CT molecular complexity index is 1550. The van der Waals surface area contributed by atoms with Crippen LogP contribution in [0.15, 0.2) is 36.5 Å². The molecular weight excluding hydrogens is 480 g/mol. The van der Waals surface area contributed by atoms with Crippen LogP contribution in [0, 0.1) is 5.92 Å². The van der Waals surface area contributed by atoms with Crippen LogP contribution in [0.1, 0.15) is 49.0 Å². The molecule has 2 aliphatic carbocycles. The molecule has 1 aliphatic heterocycles. The van der Waals surface area contributed by atoms with Crippen molar-refractivity contribution in [2.45, 2.75) is 63.4 Å². The number of nitrogens with zero attached hydrogens (tertiary/aromatic N) is 5. The molecule has 9 nitrogen and oxygen atoms in total. The fourth-order valence-electron chi connectivity index (χ4n) is 6.99. The molecule has 2 N–H and O–H groups in total. The highest BCUT2D eigenvalue weighted by molar-refractivity contribution is 6.00. The number of hydrogen-bond acceptors (Lipinski definition) is 6. The number of likely N-dealkylation sites (tertiary alicyclic amines) is 1. The van der Waals surface area contributed by atoms with Gasteiger partial charge in [-0.2, -0.15) is 0 Å². The molecule has 2 saturated carbocycles. The summed E-state index contributed by atoms with van der Waals surface area (Å²) in [6, 6.07) is 10.4. The number of nitrogens with two attached hydrogens (primary N) is 1. The minimum atomic E-state index is 0.0129. The SMILES string of the molecule is CCn1c(-c2nc3cc(C(=O)N4C[C@H]5CC[C@@H]4[C@@H]5N)cc(OC)c3n2[C@H]2C[C@@H](OC)C2)cc2cccnc21. The van der Waals surface area contributed by atoms with Gasteiger partial charge in [-0.15, -0.1) is 0 Å². The largest absolute Gasteiger partial charge is 0.494 e. The number of carbonyl (C=O) groups is 1. The van der Waals surface area contributed by atoms with E-state index in [1.165, 1.54) is 0 Å². The Kier molecular flexibility index (Phi) is 5.49. The molecule has 0 unspecified atom stereocenters. The van der Waals surface area contributed by atoms with E-state index in [1.54, 1.807) is 14.2 Å². The summed E-state index contributed by atoms with van der Waals surface area (Å²) < 4.78 is 16.1. The van der Waals surface area contributed by atoms with Gasteiger partial charge >= 0.3 is 0 Å². The zero-order valence-electron chi connectivity index (χ0n) is 22.1. The fraction of sp³-hybridized carbons (Fsp3) is 0.483. The molecule has 1 saturated heterocycles. The number of benzene rings is 1.